The van der Waals surface area contributed by atoms with E-state index in [4.69, 9.17) is 14.7 Å². The van der Waals surface area contributed by atoms with Crippen molar-refractivity contribution in [2.45, 2.75) is 48.4 Å². The quantitative estimate of drug-likeness (QED) is 0.0608. The van der Waals surface area contributed by atoms with Crippen molar-refractivity contribution in [2.24, 2.45) is 7.05 Å². The Morgan fingerprint density at radius 2 is 1.71 bits per heavy atom. The fourth-order valence-electron chi connectivity index (χ4n) is 7.27. The van der Waals surface area contributed by atoms with E-state index in [2.05, 4.69) is 36.2 Å². The number of halogens is 4. The second-order valence-electron chi connectivity index (χ2n) is 15.2. The Hall–Kier alpha value is -7.22. The van der Waals surface area contributed by atoms with Crippen LogP contribution in [0.2, 0.25) is 0 Å². The number of carbonyl (C=O) groups is 2. The smallest absolute Gasteiger partial charge is 0.417 e. The number of anilines is 3. The Balaban J connectivity index is 0.848. The average Bonchev–Trinajstić information content (AvgIpc) is 3.68. The van der Waals surface area contributed by atoms with Crippen LogP contribution < -0.4 is 26.2 Å². The van der Waals surface area contributed by atoms with Gasteiger partial charge in [-0.15, -0.1) is 0 Å². The maximum Gasteiger partial charge on any atom is 0.417 e. The minimum absolute atomic E-state index is 0.0517. The zero-order chi connectivity index (χ0) is 46.7. The molecule has 5 N–H and O–H groups in total. The summed E-state index contributed by atoms with van der Waals surface area (Å²) in [6.45, 7) is 1.45. The van der Waals surface area contributed by atoms with Gasteiger partial charge in [-0.25, -0.2) is 22.9 Å². The number of sulfone groups is 1. The monoisotopic (exact) mass is 917 g/mol. The first-order valence-corrected chi connectivity index (χ1v) is 21.4. The third-order valence-corrected chi connectivity index (χ3v) is 12.4. The van der Waals surface area contributed by atoms with Gasteiger partial charge in [0.2, 0.25) is 5.91 Å². The third kappa shape index (κ3) is 10.3. The molecule has 65 heavy (non-hydrogen) atoms. The molecule has 7 rings (SSSR count). The van der Waals surface area contributed by atoms with Crippen molar-refractivity contribution < 1.29 is 50.1 Å². The molecule has 4 aromatic carbocycles. The molecular weight excluding hydrogens is 879 g/mol. The lowest BCUT2D eigenvalue weighted by Gasteiger charge is -2.33. The van der Waals surface area contributed by atoms with Gasteiger partial charge in [0.1, 0.15) is 23.7 Å². The molecule has 3 heterocycles. The number of alkyl halides is 3. The van der Waals surface area contributed by atoms with Gasteiger partial charge in [0.25, 0.3) is 11.5 Å². The highest BCUT2D eigenvalue weighted by atomic mass is 32.2. The number of ether oxygens (including phenoxy) is 2. The summed E-state index contributed by atoms with van der Waals surface area (Å²) >= 11 is 0. The molecule has 0 saturated carbocycles. The van der Waals surface area contributed by atoms with E-state index in [0.29, 0.717) is 46.5 Å². The van der Waals surface area contributed by atoms with E-state index in [9.17, 15) is 45.5 Å². The van der Waals surface area contributed by atoms with E-state index in [1.807, 2.05) is 12.1 Å². The maximum absolute atomic E-state index is 14.6. The number of aryl methyl sites for hydroxylation is 1. The highest BCUT2D eigenvalue weighted by Crippen LogP contribution is 2.46. The molecule has 22 heteroatoms. The lowest BCUT2D eigenvalue weighted by molar-refractivity contribution is -0.138. The van der Waals surface area contributed by atoms with E-state index in [1.165, 1.54) is 48.8 Å². The number of rotatable bonds is 16. The summed E-state index contributed by atoms with van der Waals surface area (Å²) in [5.41, 5.74) is -3.27. The van der Waals surface area contributed by atoms with Gasteiger partial charge in [0.05, 0.1) is 70.5 Å². The van der Waals surface area contributed by atoms with Crippen molar-refractivity contribution >= 4 is 49.5 Å². The zero-order valence-electron chi connectivity index (χ0n) is 34.4. The van der Waals surface area contributed by atoms with E-state index in [0.717, 1.165) is 24.6 Å². The van der Waals surface area contributed by atoms with Crippen molar-refractivity contribution in [3.63, 3.8) is 0 Å². The highest BCUT2D eigenvalue weighted by Gasteiger charge is 2.39. The number of hydrogen-bond acceptors (Lipinski definition) is 13. The number of nitriles is 1. The van der Waals surface area contributed by atoms with E-state index in [1.54, 1.807) is 23.9 Å². The molecule has 2 amide bonds. The number of aromatic amines is 1. The second kappa shape index (κ2) is 18.5. The number of benzene rings is 4. The SMILES string of the molecule is Cn1ncnc1[C@H]1c2n[nH]c(=O)c3cc(F)cc(c23)N[C@@H]1c1ccc(NC(=O)CCOCCCOc2ccc(S(=O)(=O)C[C@](C)(O)C(=O)Nc3ccc(C#N)c(C(F)(F)F)c3)cc2)cc1. The Morgan fingerprint density at radius 1 is 0.985 bits per heavy atom. The van der Waals surface area contributed by atoms with Gasteiger partial charge in [-0.05, 0) is 79.2 Å². The third-order valence-electron chi connectivity index (χ3n) is 10.4. The molecule has 338 valence electrons. The molecule has 0 saturated heterocycles. The molecule has 0 bridgehead atoms. The number of nitrogens with one attached hydrogen (secondary N) is 4. The van der Waals surface area contributed by atoms with E-state index in [-0.39, 0.29) is 42.4 Å². The molecule has 2 aromatic heterocycles. The molecule has 6 aromatic rings. The van der Waals surface area contributed by atoms with E-state index < -0.39 is 73.4 Å². The molecule has 1 aliphatic rings. The largest absolute Gasteiger partial charge is 0.494 e. The molecular formula is C43H39F4N9O8S. The molecule has 0 aliphatic carbocycles. The Kier molecular flexibility index (Phi) is 13.0. The minimum Gasteiger partial charge on any atom is -0.494 e. The van der Waals surface area contributed by atoms with Crippen molar-refractivity contribution in [3.05, 3.63) is 130 Å². The first-order valence-electron chi connectivity index (χ1n) is 19.8. The summed E-state index contributed by atoms with van der Waals surface area (Å²) in [5, 5.41) is 39.7. The number of aliphatic hydroxyl groups is 1. The molecule has 0 unspecified atom stereocenters. The van der Waals surface area contributed by atoms with Gasteiger partial charge in [-0.1, -0.05) is 12.1 Å². The van der Waals surface area contributed by atoms with Crippen LogP contribution in [-0.2, 0) is 37.4 Å². The number of hydrogen-bond donors (Lipinski definition) is 5. The number of nitrogens with zero attached hydrogens (tertiary/aromatic N) is 5. The standard InChI is InChI=1S/C43H39F4N9O8S/c1-42(60,41(59)52-28-9-6-25(21-48)32(20-28)43(45,46)47)22-65(61,62)30-12-10-29(11-13-30)64-16-3-15-63-17-14-34(57)51-27-7-4-24(5-8-27)37-36(39-49-23-50-56(39)2)38-35-31(40(58)55-54-38)18-26(44)19-33(35)53-37/h4-13,18-20,23,36-37,53,60H,3,14-17,22H2,1-2H3,(H,51,57)(H,52,59)(H,55,58)/t36-,37-,42+/m1/s1. The van der Waals surface area contributed by atoms with Crippen LogP contribution in [0.3, 0.4) is 0 Å². The van der Waals surface area contributed by atoms with Crippen LogP contribution in [0.25, 0.3) is 10.8 Å². The first kappa shape index (κ1) is 45.8. The summed E-state index contributed by atoms with van der Waals surface area (Å²) in [5.74, 6) is -2.91. The maximum atomic E-state index is 14.6. The van der Waals surface area contributed by atoms with Crippen LogP contribution in [0.4, 0.5) is 34.6 Å². The Labute approximate surface area is 367 Å². The lowest BCUT2D eigenvalue weighted by atomic mass is 9.83. The summed E-state index contributed by atoms with van der Waals surface area (Å²) in [4.78, 5) is 42.3. The fraction of sp³-hybridized carbons (Fsp3) is 0.279. The first-order chi connectivity index (χ1) is 30.8. The highest BCUT2D eigenvalue weighted by molar-refractivity contribution is 7.91. The summed E-state index contributed by atoms with van der Waals surface area (Å²) in [6, 6.07) is 18.0. The molecule has 3 atom stereocenters. The van der Waals surface area contributed by atoms with Gasteiger partial charge in [-0.2, -0.15) is 28.6 Å². The van der Waals surface area contributed by atoms with Gasteiger partial charge in [0, 0.05) is 42.5 Å². The predicted octanol–water partition coefficient (Wildman–Crippen LogP) is 5.36. The molecule has 0 fully saturated rings. The molecule has 1 aliphatic heterocycles. The summed E-state index contributed by atoms with van der Waals surface area (Å²) in [6.07, 6.45) is -3.01. The second-order valence-corrected chi connectivity index (χ2v) is 17.2. The normalized spacial score (nSPS) is 15.7. The zero-order valence-corrected chi connectivity index (χ0v) is 35.3. The Bertz CT molecular complexity index is 2970. The topological polar surface area (TPSA) is 243 Å². The van der Waals surface area contributed by atoms with Gasteiger partial charge >= 0.3 is 6.18 Å². The van der Waals surface area contributed by atoms with Crippen molar-refractivity contribution in [2.75, 3.05) is 41.5 Å². The van der Waals surface area contributed by atoms with Crippen molar-refractivity contribution in [3.8, 4) is 11.8 Å². The summed E-state index contributed by atoms with van der Waals surface area (Å²) in [7, 11) is -2.55. The van der Waals surface area contributed by atoms with Gasteiger partial charge < -0.3 is 30.5 Å². The number of aromatic nitrogens is 5. The van der Waals surface area contributed by atoms with Gasteiger partial charge in [-0.3, -0.25) is 19.1 Å². The van der Waals surface area contributed by atoms with Crippen LogP contribution in [0.15, 0.2) is 94.9 Å². The molecule has 0 radical (unpaired) electrons. The number of carbonyl (C=O) groups excluding carboxylic acids is 2. The average molecular weight is 918 g/mol. The van der Waals surface area contributed by atoms with Crippen LogP contribution in [0, 0.1) is 17.1 Å². The van der Waals surface area contributed by atoms with Crippen molar-refractivity contribution in [1.29, 1.82) is 5.26 Å². The van der Waals surface area contributed by atoms with Crippen LogP contribution >= 0.6 is 0 Å². The lowest BCUT2D eigenvalue weighted by Crippen LogP contribution is -2.45. The molecule has 0 spiro atoms. The number of amides is 2. The van der Waals surface area contributed by atoms with Crippen LogP contribution in [0.5, 0.6) is 5.75 Å². The minimum atomic E-state index is -4.90. The van der Waals surface area contributed by atoms with Crippen LogP contribution in [0.1, 0.15) is 59.9 Å². The fourth-order valence-corrected chi connectivity index (χ4v) is 8.86. The van der Waals surface area contributed by atoms with Crippen molar-refractivity contribution in [1.82, 2.24) is 25.0 Å². The predicted molar refractivity (Wildman–Crippen MR) is 226 cm³/mol. The summed E-state index contributed by atoms with van der Waals surface area (Å²) < 4.78 is 93.6. The number of H-pyrrole nitrogens is 1. The molecule has 17 nitrogen and oxygen atoms in total. The van der Waals surface area contributed by atoms with E-state index >= 15 is 0 Å². The Morgan fingerprint density at radius 3 is 2.38 bits per heavy atom. The van der Waals surface area contributed by atoms with Gasteiger partial charge in [0.15, 0.2) is 15.4 Å². The van der Waals surface area contributed by atoms with Crippen LogP contribution in [-0.4, -0.2) is 81.5 Å².